The first-order chi connectivity index (χ1) is 19.6. The average Bonchev–Trinajstić information content (AvgIpc) is 2.96. The summed E-state index contributed by atoms with van der Waals surface area (Å²) in [6, 6.07) is 0. The number of hydrogen-bond acceptors (Lipinski definition) is 5. The zero-order chi connectivity index (χ0) is 29.4. The number of esters is 2. The summed E-state index contributed by atoms with van der Waals surface area (Å²) < 4.78 is 10.6. The molecule has 1 atom stereocenters. The van der Waals surface area contributed by atoms with Gasteiger partial charge in [0.25, 0.3) is 0 Å². The Hall–Kier alpha value is -1.10. The van der Waals surface area contributed by atoms with Gasteiger partial charge in [-0.2, -0.15) is 0 Å². The van der Waals surface area contributed by atoms with E-state index in [9.17, 15) is 14.7 Å². The van der Waals surface area contributed by atoms with E-state index < -0.39 is 6.10 Å². The minimum absolute atomic E-state index is 0.0574. The van der Waals surface area contributed by atoms with Gasteiger partial charge in [0.2, 0.25) is 0 Å². The number of hydrogen-bond donors (Lipinski definition) is 1. The van der Waals surface area contributed by atoms with Gasteiger partial charge >= 0.3 is 11.9 Å². The minimum Gasteiger partial charge on any atom is -0.462 e. The van der Waals surface area contributed by atoms with Crippen molar-refractivity contribution in [2.75, 3.05) is 13.2 Å². The second kappa shape index (κ2) is 32.4. The normalized spacial score (nSPS) is 12.0. The lowest BCUT2D eigenvalue weighted by molar-refractivity contribution is -0.161. The highest BCUT2D eigenvalue weighted by atomic mass is 16.6. The van der Waals surface area contributed by atoms with Crippen molar-refractivity contribution >= 4 is 11.9 Å². The fourth-order valence-electron chi connectivity index (χ4n) is 5.20. The molecule has 40 heavy (non-hydrogen) atoms. The molecule has 5 heteroatoms. The van der Waals surface area contributed by atoms with Gasteiger partial charge in [0, 0.05) is 12.8 Å². The van der Waals surface area contributed by atoms with E-state index in [1.807, 2.05) is 0 Å². The van der Waals surface area contributed by atoms with Gasteiger partial charge in [0.1, 0.15) is 6.61 Å². The number of carbonyl (C=O) groups excluding carboxylic acids is 2. The number of ether oxygens (including phenoxy) is 2. The maximum absolute atomic E-state index is 12.1. The van der Waals surface area contributed by atoms with Gasteiger partial charge in [-0.15, -0.1) is 0 Å². The van der Waals surface area contributed by atoms with E-state index in [2.05, 4.69) is 13.8 Å². The van der Waals surface area contributed by atoms with Gasteiger partial charge in [-0.3, -0.25) is 9.59 Å². The molecule has 0 heterocycles. The zero-order valence-corrected chi connectivity index (χ0v) is 26.9. The highest BCUT2D eigenvalue weighted by molar-refractivity contribution is 5.70. The van der Waals surface area contributed by atoms with Gasteiger partial charge in [0.05, 0.1) is 6.61 Å². The van der Waals surface area contributed by atoms with Crippen LogP contribution in [0.4, 0.5) is 0 Å². The molecule has 0 fully saturated rings. The Morgan fingerprint density at radius 2 is 0.775 bits per heavy atom. The van der Waals surface area contributed by atoms with E-state index in [0.717, 1.165) is 32.1 Å². The van der Waals surface area contributed by atoms with E-state index in [4.69, 9.17) is 9.47 Å². The van der Waals surface area contributed by atoms with E-state index in [1.165, 1.54) is 135 Å². The van der Waals surface area contributed by atoms with Crippen molar-refractivity contribution in [3.63, 3.8) is 0 Å². The molecule has 0 aliphatic carbocycles. The monoisotopic (exact) mass is 569 g/mol. The fraction of sp³-hybridized carbons (Fsp3) is 0.943. The molecule has 1 N–H and O–H groups in total. The maximum atomic E-state index is 12.1. The molecule has 0 aromatic carbocycles. The lowest BCUT2D eigenvalue weighted by atomic mass is 10.0. The third-order valence-corrected chi connectivity index (χ3v) is 7.90. The second-order valence-corrected chi connectivity index (χ2v) is 12.0. The topological polar surface area (TPSA) is 72.8 Å². The van der Waals surface area contributed by atoms with Crippen molar-refractivity contribution in [2.45, 2.75) is 200 Å². The Kier molecular flexibility index (Phi) is 31.5. The fourth-order valence-corrected chi connectivity index (χ4v) is 5.20. The molecule has 238 valence electrons. The summed E-state index contributed by atoms with van der Waals surface area (Å²) in [4.78, 5) is 24.1. The van der Waals surface area contributed by atoms with Crippen LogP contribution in [0, 0.1) is 0 Å². The van der Waals surface area contributed by atoms with Crippen molar-refractivity contribution < 1.29 is 24.2 Å². The van der Waals surface area contributed by atoms with Gasteiger partial charge < -0.3 is 14.6 Å². The highest BCUT2D eigenvalue weighted by Gasteiger charge is 2.16. The first-order valence-corrected chi connectivity index (χ1v) is 17.6. The summed E-state index contributed by atoms with van der Waals surface area (Å²) >= 11 is 0. The number of aliphatic hydroxyl groups excluding tert-OH is 1. The summed E-state index contributed by atoms with van der Waals surface area (Å²) in [5.74, 6) is -0.580. The molecular weight excluding hydrogens is 500 g/mol. The standard InChI is InChI=1S/C35H68O5/c1-3-5-7-9-11-13-15-17-19-21-23-25-27-29-34(37)39-32-33(31-36)40-35(38)30-28-26-24-22-20-18-16-14-12-10-8-6-4-2/h33,36H,3-32H2,1-2H3/t33-/m1/s1. The lowest BCUT2D eigenvalue weighted by Gasteiger charge is -2.15. The maximum Gasteiger partial charge on any atom is 0.306 e. The van der Waals surface area contributed by atoms with E-state index >= 15 is 0 Å². The number of unbranched alkanes of at least 4 members (excludes halogenated alkanes) is 24. The predicted molar refractivity (Wildman–Crippen MR) is 169 cm³/mol. The third kappa shape index (κ3) is 29.9. The van der Waals surface area contributed by atoms with Crippen molar-refractivity contribution in [3.05, 3.63) is 0 Å². The molecule has 0 saturated carbocycles. The van der Waals surface area contributed by atoms with E-state index in [0.29, 0.717) is 12.8 Å². The second-order valence-electron chi connectivity index (χ2n) is 12.0. The van der Waals surface area contributed by atoms with Crippen molar-refractivity contribution in [3.8, 4) is 0 Å². The van der Waals surface area contributed by atoms with Crippen molar-refractivity contribution in [2.24, 2.45) is 0 Å². The van der Waals surface area contributed by atoms with Gasteiger partial charge in [0.15, 0.2) is 6.10 Å². The predicted octanol–water partition coefficient (Wildman–Crippen LogP) is 10.4. The Morgan fingerprint density at radius 1 is 0.475 bits per heavy atom. The summed E-state index contributed by atoms with van der Waals surface area (Å²) in [6.07, 6.45) is 32.9. The lowest BCUT2D eigenvalue weighted by Crippen LogP contribution is -2.28. The van der Waals surface area contributed by atoms with Crippen molar-refractivity contribution in [1.29, 1.82) is 0 Å². The highest BCUT2D eigenvalue weighted by Crippen LogP contribution is 2.15. The summed E-state index contributed by atoms with van der Waals surface area (Å²) in [5, 5.41) is 9.50. The molecular formula is C35H68O5. The number of aliphatic hydroxyl groups is 1. The molecule has 0 amide bonds. The first kappa shape index (κ1) is 38.9. The SMILES string of the molecule is CCCCCCCCCCCCCCCC(=O)OC[C@@H](CO)OC(=O)CCCCCCCCCCCCCCC. The largest absolute Gasteiger partial charge is 0.462 e. The zero-order valence-electron chi connectivity index (χ0n) is 26.9. The molecule has 0 radical (unpaired) electrons. The molecule has 0 rings (SSSR count). The van der Waals surface area contributed by atoms with Crippen LogP contribution in [0.5, 0.6) is 0 Å². The van der Waals surface area contributed by atoms with Crippen LogP contribution in [0.15, 0.2) is 0 Å². The minimum atomic E-state index is -0.759. The Labute approximate surface area is 248 Å². The first-order valence-electron chi connectivity index (χ1n) is 17.6. The van der Waals surface area contributed by atoms with Crippen LogP contribution in [0.3, 0.4) is 0 Å². The van der Waals surface area contributed by atoms with Crippen LogP contribution < -0.4 is 0 Å². The molecule has 0 bridgehead atoms. The molecule has 0 aliphatic rings. The van der Waals surface area contributed by atoms with Gasteiger partial charge in [-0.25, -0.2) is 0 Å². The molecule has 0 saturated heterocycles. The molecule has 0 aromatic rings. The van der Waals surface area contributed by atoms with Gasteiger partial charge in [-0.05, 0) is 12.8 Å². The molecule has 0 unspecified atom stereocenters. The third-order valence-electron chi connectivity index (χ3n) is 7.90. The number of rotatable bonds is 32. The molecule has 0 spiro atoms. The van der Waals surface area contributed by atoms with Crippen molar-refractivity contribution in [1.82, 2.24) is 0 Å². The van der Waals surface area contributed by atoms with E-state index in [-0.39, 0.29) is 25.2 Å². The summed E-state index contributed by atoms with van der Waals surface area (Å²) in [6.45, 7) is 4.14. The van der Waals surface area contributed by atoms with Crippen LogP contribution in [0.1, 0.15) is 194 Å². The molecule has 0 aromatic heterocycles. The Bertz CT molecular complexity index is 536. The summed E-state index contributed by atoms with van der Waals surface area (Å²) in [5.41, 5.74) is 0. The van der Waals surface area contributed by atoms with Crippen LogP contribution >= 0.6 is 0 Å². The quantitative estimate of drug-likeness (QED) is 0.0645. The Balaban J connectivity index is 3.53. The summed E-state index contributed by atoms with van der Waals surface area (Å²) in [7, 11) is 0. The van der Waals surface area contributed by atoms with Crippen LogP contribution in [0.25, 0.3) is 0 Å². The van der Waals surface area contributed by atoms with Crippen LogP contribution in [-0.4, -0.2) is 36.4 Å². The molecule has 0 aliphatic heterocycles. The smallest absolute Gasteiger partial charge is 0.306 e. The van der Waals surface area contributed by atoms with Gasteiger partial charge in [-0.1, -0.05) is 168 Å². The van der Waals surface area contributed by atoms with Crippen LogP contribution in [-0.2, 0) is 19.1 Å². The van der Waals surface area contributed by atoms with E-state index in [1.54, 1.807) is 0 Å². The van der Waals surface area contributed by atoms with Crippen LogP contribution in [0.2, 0.25) is 0 Å². The molecule has 5 nitrogen and oxygen atoms in total. The average molecular weight is 569 g/mol. The number of carbonyl (C=O) groups is 2. The Morgan fingerprint density at radius 3 is 1.10 bits per heavy atom.